The Bertz CT molecular complexity index is 1430. The highest BCUT2D eigenvalue weighted by Crippen LogP contribution is 2.48. The number of rotatable bonds is 7. The van der Waals surface area contributed by atoms with Gasteiger partial charge in [-0.1, -0.05) is 103 Å². The molecule has 0 saturated carbocycles. The van der Waals surface area contributed by atoms with Crippen molar-refractivity contribution in [3.05, 3.63) is 155 Å². The van der Waals surface area contributed by atoms with Gasteiger partial charge in [0.2, 0.25) is 0 Å². The quantitative estimate of drug-likeness (QED) is 0.232. The van der Waals surface area contributed by atoms with Crippen molar-refractivity contribution in [2.45, 2.75) is 37.6 Å². The van der Waals surface area contributed by atoms with Gasteiger partial charge in [0.1, 0.15) is 11.4 Å². The topological polar surface area (TPSA) is 63.7 Å². The van der Waals surface area contributed by atoms with E-state index in [0.717, 1.165) is 33.5 Å². The highest BCUT2D eigenvalue weighted by atomic mass is 16.5. The number of nitrogens with two attached hydrogens (primary N) is 1. The number of benzene rings is 3. The van der Waals surface area contributed by atoms with E-state index in [1.165, 1.54) is 0 Å². The number of hydrazone groups is 1. The third-order valence-electron chi connectivity index (χ3n) is 7.29. The Balaban J connectivity index is 1.64. The predicted octanol–water partition coefficient (Wildman–Crippen LogP) is 6.33. The molecule has 194 valence electrons. The summed E-state index contributed by atoms with van der Waals surface area (Å²) in [5.74, 6) is 0.465. The highest BCUT2D eigenvalue weighted by Gasteiger charge is 2.49. The first-order valence-electron chi connectivity index (χ1n) is 13.4. The van der Waals surface area contributed by atoms with Gasteiger partial charge in [0.05, 0.1) is 24.0 Å². The molecule has 0 spiro atoms. The minimum Gasteiger partial charge on any atom is -0.384 e. The smallest absolute Gasteiger partial charge is 0.134 e. The summed E-state index contributed by atoms with van der Waals surface area (Å²) in [6.07, 6.45) is 8.27. The van der Waals surface area contributed by atoms with Gasteiger partial charge in [-0.25, -0.2) is 4.98 Å². The number of pyridine rings is 1. The van der Waals surface area contributed by atoms with Crippen LogP contribution in [0.4, 0.5) is 5.82 Å². The number of aromatic nitrogens is 1. The molecule has 1 aliphatic heterocycles. The van der Waals surface area contributed by atoms with E-state index >= 15 is 0 Å². The van der Waals surface area contributed by atoms with Crippen LogP contribution in [0.1, 0.15) is 36.1 Å². The van der Waals surface area contributed by atoms with Crippen LogP contribution in [0.25, 0.3) is 0 Å². The first kappa shape index (κ1) is 24.8. The van der Waals surface area contributed by atoms with Crippen LogP contribution in [0.15, 0.2) is 138 Å². The lowest BCUT2D eigenvalue weighted by molar-refractivity contribution is 0.0583. The third kappa shape index (κ3) is 4.45. The molecule has 2 heterocycles. The molecule has 2 N–H and O–H groups in total. The molecule has 1 aromatic heterocycles. The minimum atomic E-state index is -0.704. The van der Waals surface area contributed by atoms with Crippen molar-refractivity contribution in [1.82, 2.24) is 9.99 Å². The van der Waals surface area contributed by atoms with Gasteiger partial charge < -0.3 is 10.5 Å². The van der Waals surface area contributed by atoms with Crippen LogP contribution in [0.2, 0.25) is 0 Å². The molecule has 5 heteroatoms. The zero-order chi connectivity index (χ0) is 26.8. The minimum absolute atomic E-state index is 0.0968. The Morgan fingerprint density at radius 3 is 1.87 bits per heavy atom. The fourth-order valence-electron chi connectivity index (χ4n) is 5.75. The third-order valence-corrected chi connectivity index (χ3v) is 7.29. The average Bonchev–Trinajstić information content (AvgIpc) is 3.34. The highest BCUT2D eigenvalue weighted by molar-refractivity contribution is 6.15. The summed E-state index contributed by atoms with van der Waals surface area (Å²) >= 11 is 0. The summed E-state index contributed by atoms with van der Waals surface area (Å²) in [6.45, 7) is 4.12. The van der Waals surface area contributed by atoms with Crippen LogP contribution in [0.5, 0.6) is 0 Å². The van der Waals surface area contributed by atoms with E-state index < -0.39 is 5.54 Å². The van der Waals surface area contributed by atoms with Gasteiger partial charge in [0.25, 0.3) is 0 Å². The van der Waals surface area contributed by atoms with Gasteiger partial charge in [-0.05, 0) is 48.7 Å². The van der Waals surface area contributed by atoms with Crippen LogP contribution in [0, 0.1) is 0 Å². The number of ether oxygens (including phenoxy) is 1. The monoisotopic (exact) mass is 512 g/mol. The maximum atomic E-state index is 6.21. The summed E-state index contributed by atoms with van der Waals surface area (Å²) in [5.41, 5.74) is 11.8. The second-order valence-corrected chi connectivity index (χ2v) is 10.2. The lowest BCUT2D eigenvalue weighted by atomic mass is 9.75. The van der Waals surface area contributed by atoms with Crippen LogP contribution in [-0.2, 0) is 10.3 Å². The molecule has 3 aromatic carbocycles. The molecule has 6 rings (SSSR count). The molecule has 2 atom stereocenters. The average molecular weight is 513 g/mol. The predicted molar refractivity (Wildman–Crippen MR) is 157 cm³/mol. The van der Waals surface area contributed by atoms with Gasteiger partial charge >= 0.3 is 0 Å². The van der Waals surface area contributed by atoms with Crippen molar-refractivity contribution in [3.8, 4) is 0 Å². The van der Waals surface area contributed by atoms with Crippen molar-refractivity contribution < 1.29 is 4.74 Å². The molecule has 2 unspecified atom stereocenters. The Hall–Kier alpha value is -4.48. The second kappa shape index (κ2) is 10.4. The zero-order valence-corrected chi connectivity index (χ0v) is 22.2. The number of nitrogen functional groups attached to an aromatic ring is 1. The second-order valence-electron chi connectivity index (χ2n) is 10.2. The lowest BCUT2D eigenvalue weighted by Gasteiger charge is -2.45. The van der Waals surface area contributed by atoms with E-state index in [9.17, 15) is 0 Å². The molecular weight excluding hydrogens is 480 g/mol. The van der Waals surface area contributed by atoms with Crippen molar-refractivity contribution in [2.24, 2.45) is 5.10 Å². The Morgan fingerprint density at radius 1 is 0.795 bits per heavy atom. The Morgan fingerprint density at radius 2 is 1.36 bits per heavy atom. The molecule has 2 aliphatic rings. The molecule has 39 heavy (non-hydrogen) atoms. The largest absolute Gasteiger partial charge is 0.384 e. The van der Waals surface area contributed by atoms with Crippen molar-refractivity contribution >= 4 is 11.5 Å². The summed E-state index contributed by atoms with van der Waals surface area (Å²) < 4.78 is 6.21. The maximum absolute atomic E-state index is 6.21. The van der Waals surface area contributed by atoms with Crippen LogP contribution in [-0.4, -0.2) is 34.0 Å². The number of hydrogen-bond donors (Lipinski definition) is 1. The van der Waals surface area contributed by atoms with E-state index in [-0.39, 0.29) is 18.2 Å². The van der Waals surface area contributed by atoms with Gasteiger partial charge in [-0.15, -0.1) is 0 Å². The van der Waals surface area contributed by atoms with E-state index in [1.807, 2.05) is 12.1 Å². The first-order valence-corrected chi connectivity index (χ1v) is 13.4. The standard InChI is InChI=1S/C34H32N4O/c1-24(2)39-29-18-19-31-30(23-29)33(25-20-21-36-32(35)22-25)37-38(31)34(26-12-6-3-7-13-26,27-14-8-4-9-15-27)28-16-10-5-11-17-28/h3-24,29,31H,1-2H3,(H2,35,36). The molecule has 5 nitrogen and oxygen atoms in total. The summed E-state index contributed by atoms with van der Waals surface area (Å²) in [4.78, 5) is 4.23. The van der Waals surface area contributed by atoms with Crippen LogP contribution < -0.4 is 5.73 Å². The van der Waals surface area contributed by atoms with Gasteiger partial charge in [-0.3, -0.25) is 5.01 Å². The van der Waals surface area contributed by atoms with E-state index in [0.29, 0.717) is 5.82 Å². The molecule has 4 aromatic rings. The van der Waals surface area contributed by atoms with E-state index in [1.54, 1.807) is 6.20 Å². The molecule has 1 aliphatic carbocycles. The van der Waals surface area contributed by atoms with Crippen LogP contribution in [0.3, 0.4) is 0 Å². The fraction of sp³-hybridized carbons (Fsp3) is 0.176. The fourth-order valence-corrected chi connectivity index (χ4v) is 5.75. The van der Waals surface area contributed by atoms with Crippen LogP contribution >= 0.6 is 0 Å². The molecule has 0 fully saturated rings. The summed E-state index contributed by atoms with van der Waals surface area (Å²) in [5, 5.41) is 7.71. The Labute approximate surface area is 230 Å². The lowest BCUT2D eigenvalue weighted by Crippen LogP contribution is -2.48. The van der Waals surface area contributed by atoms with Crippen molar-refractivity contribution in [2.75, 3.05) is 5.73 Å². The normalized spacial score (nSPS) is 18.6. The number of nitrogens with zero attached hydrogens (tertiary/aromatic N) is 3. The van der Waals surface area contributed by atoms with Gasteiger partial charge in [-0.2, -0.15) is 5.10 Å². The van der Waals surface area contributed by atoms with Gasteiger partial charge in [0, 0.05) is 17.3 Å². The Kier molecular flexibility index (Phi) is 6.59. The summed E-state index contributed by atoms with van der Waals surface area (Å²) in [7, 11) is 0. The number of anilines is 1. The van der Waals surface area contributed by atoms with Crippen molar-refractivity contribution in [3.63, 3.8) is 0 Å². The van der Waals surface area contributed by atoms with Crippen molar-refractivity contribution in [1.29, 1.82) is 0 Å². The molecule has 0 bridgehead atoms. The molecular formula is C34H32N4O. The number of fused-ring (bicyclic) bond motifs is 1. The molecule has 0 saturated heterocycles. The zero-order valence-electron chi connectivity index (χ0n) is 22.2. The SMILES string of the molecule is CC(C)OC1C=CC2C(=C1)C(c1ccnc(N)c1)=NN2C(c1ccccc1)(c1ccccc1)c1ccccc1. The van der Waals surface area contributed by atoms with Gasteiger partial charge in [0.15, 0.2) is 0 Å². The molecule has 0 amide bonds. The first-order chi connectivity index (χ1) is 19.1. The van der Waals surface area contributed by atoms with E-state index in [2.05, 4.69) is 133 Å². The number of hydrogen-bond acceptors (Lipinski definition) is 5. The molecule has 0 radical (unpaired) electrons. The maximum Gasteiger partial charge on any atom is 0.134 e. The summed E-state index contributed by atoms with van der Waals surface area (Å²) in [6, 6.07) is 35.7. The van der Waals surface area contributed by atoms with E-state index in [4.69, 9.17) is 15.6 Å².